The van der Waals surface area contributed by atoms with Crippen molar-refractivity contribution < 1.29 is 19.2 Å². The quantitative estimate of drug-likeness (QED) is 0.256. The van der Waals surface area contributed by atoms with Gasteiger partial charge in [-0.1, -0.05) is 65.0 Å². The highest BCUT2D eigenvalue weighted by Gasteiger charge is 2.43. The predicted molar refractivity (Wildman–Crippen MR) is 139 cm³/mol. The van der Waals surface area contributed by atoms with Gasteiger partial charge >= 0.3 is 0 Å². The maximum Gasteiger partial charge on any atom is 0.243 e. The Morgan fingerprint density at radius 1 is 1.06 bits per heavy atom. The second kappa shape index (κ2) is 15.0. The summed E-state index contributed by atoms with van der Waals surface area (Å²) in [6.45, 7) is 6.80. The molecule has 35 heavy (non-hydrogen) atoms. The van der Waals surface area contributed by atoms with Crippen LogP contribution in [-0.2, 0) is 19.2 Å². The van der Waals surface area contributed by atoms with Crippen LogP contribution in [0.25, 0.3) is 0 Å². The van der Waals surface area contributed by atoms with Crippen LogP contribution >= 0.6 is 0 Å². The topological polar surface area (TPSA) is 104 Å². The molecule has 0 bridgehead atoms. The van der Waals surface area contributed by atoms with Crippen molar-refractivity contribution in [3.8, 4) is 0 Å². The van der Waals surface area contributed by atoms with Gasteiger partial charge in [0.15, 0.2) is 0 Å². The first-order valence-electron chi connectivity index (χ1n) is 13.8. The predicted octanol–water partition coefficient (Wildman–Crippen LogP) is 4.20. The van der Waals surface area contributed by atoms with E-state index >= 15 is 0 Å². The number of nitrogens with one attached hydrogen (secondary N) is 3. The Hall–Kier alpha value is -2.18. The number of unbranched alkanes of at least 4 members (excludes halogenated alkanes) is 4. The van der Waals surface area contributed by atoms with E-state index in [1.807, 2.05) is 19.9 Å². The smallest absolute Gasteiger partial charge is 0.243 e. The van der Waals surface area contributed by atoms with Gasteiger partial charge in [-0.3, -0.25) is 14.4 Å². The molecule has 0 radical (unpaired) electrons. The van der Waals surface area contributed by atoms with Gasteiger partial charge in [0.1, 0.15) is 12.3 Å². The summed E-state index contributed by atoms with van der Waals surface area (Å²) in [6.07, 6.45) is 15.9. The molecule has 7 heteroatoms. The van der Waals surface area contributed by atoms with E-state index in [1.165, 1.54) is 19.3 Å². The zero-order chi connectivity index (χ0) is 25.7. The van der Waals surface area contributed by atoms with E-state index < -0.39 is 17.5 Å². The molecule has 1 saturated heterocycles. The van der Waals surface area contributed by atoms with Gasteiger partial charge in [-0.2, -0.15) is 0 Å². The van der Waals surface area contributed by atoms with Crippen molar-refractivity contribution in [1.82, 2.24) is 16.0 Å². The first kappa shape index (κ1) is 29.1. The van der Waals surface area contributed by atoms with Gasteiger partial charge < -0.3 is 20.7 Å². The molecule has 1 fully saturated rings. The Bertz CT molecular complexity index is 736. The zero-order valence-corrected chi connectivity index (χ0v) is 22.1. The molecule has 0 aromatic carbocycles. The number of aldehydes is 1. The van der Waals surface area contributed by atoms with Crippen LogP contribution in [0.1, 0.15) is 104 Å². The highest BCUT2D eigenvalue weighted by atomic mass is 16.2. The second-order valence-electron chi connectivity index (χ2n) is 10.9. The standard InChI is InChI=1S/C28H47N3O4/c1-4-5-6-7-10-13-22-14-11-8-9-12-15-28(16-17-29-27(28)35)19-23(20-32)30-26(34)24(18-21(2)3)31-25(22)33/h9,12,20-24H,4-8,10-11,13-19H2,1-3H3,(H,29,35)(H,30,34)(H,31,33)/b12-9+/t22?,23-,24-,28?/m0/s1. The molecule has 3 N–H and O–H groups in total. The van der Waals surface area contributed by atoms with Crippen molar-refractivity contribution >= 4 is 24.0 Å². The third-order valence-electron chi connectivity index (χ3n) is 7.44. The normalized spacial score (nSPS) is 29.7. The van der Waals surface area contributed by atoms with Crippen LogP contribution in [-0.4, -0.2) is 42.6 Å². The average molecular weight is 490 g/mol. The molecule has 0 aliphatic carbocycles. The number of allylic oxidation sites excluding steroid dienone is 2. The van der Waals surface area contributed by atoms with Crippen LogP contribution in [0.2, 0.25) is 0 Å². The van der Waals surface area contributed by atoms with Crippen LogP contribution < -0.4 is 16.0 Å². The molecule has 2 rings (SSSR count). The third kappa shape index (κ3) is 9.42. The number of rotatable bonds is 9. The van der Waals surface area contributed by atoms with Gasteiger partial charge in [0.05, 0.1) is 11.5 Å². The van der Waals surface area contributed by atoms with Gasteiger partial charge in [-0.25, -0.2) is 0 Å². The fraction of sp³-hybridized carbons (Fsp3) is 0.786. The largest absolute Gasteiger partial charge is 0.356 e. The Morgan fingerprint density at radius 3 is 2.49 bits per heavy atom. The summed E-state index contributed by atoms with van der Waals surface area (Å²) in [7, 11) is 0. The average Bonchev–Trinajstić information content (AvgIpc) is 3.17. The number of hydrogen-bond donors (Lipinski definition) is 3. The van der Waals surface area contributed by atoms with Crippen LogP contribution in [0.3, 0.4) is 0 Å². The summed E-state index contributed by atoms with van der Waals surface area (Å²) in [6, 6.07) is -1.46. The van der Waals surface area contributed by atoms with Crippen LogP contribution in [0, 0.1) is 17.3 Å². The van der Waals surface area contributed by atoms with Gasteiger partial charge in [-0.15, -0.1) is 0 Å². The van der Waals surface area contributed by atoms with Gasteiger partial charge in [0.25, 0.3) is 0 Å². The van der Waals surface area contributed by atoms with Crippen molar-refractivity contribution in [2.75, 3.05) is 6.54 Å². The van der Waals surface area contributed by atoms with E-state index in [0.29, 0.717) is 25.8 Å². The first-order valence-corrected chi connectivity index (χ1v) is 13.8. The molecule has 7 nitrogen and oxygen atoms in total. The minimum Gasteiger partial charge on any atom is -0.356 e. The van der Waals surface area contributed by atoms with Gasteiger partial charge in [0.2, 0.25) is 17.7 Å². The molecule has 4 atom stereocenters. The van der Waals surface area contributed by atoms with E-state index in [9.17, 15) is 19.2 Å². The van der Waals surface area contributed by atoms with Crippen molar-refractivity contribution in [1.29, 1.82) is 0 Å². The summed E-state index contributed by atoms with van der Waals surface area (Å²) in [5, 5.41) is 8.76. The lowest BCUT2D eigenvalue weighted by Gasteiger charge is -2.29. The molecule has 3 amide bonds. The maximum absolute atomic E-state index is 13.3. The SMILES string of the molecule is CCCCCCCC1CCC/C=C/CC2(CCNC2=O)C[C@@H](C=O)NC(=O)[C@H](CC(C)C)NC1=O. The van der Waals surface area contributed by atoms with Crippen molar-refractivity contribution in [3.63, 3.8) is 0 Å². The zero-order valence-electron chi connectivity index (χ0n) is 22.1. The Kier molecular flexibility index (Phi) is 12.5. The first-order chi connectivity index (χ1) is 16.8. The maximum atomic E-state index is 13.3. The molecule has 0 aromatic heterocycles. The lowest BCUT2D eigenvalue weighted by atomic mass is 9.77. The Labute approximate surface area is 211 Å². The van der Waals surface area contributed by atoms with E-state index in [4.69, 9.17) is 0 Å². The minimum atomic E-state index is -0.772. The molecular weight excluding hydrogens is 442 g/mol. The minimum absolute atomic E-state index is 0.0530. The lowest BCUT2D eigenvalue weighted by Crippen LogP contribution is -2.53. The molecule has 2 aliphatic heterocycles. The Balaban J connectivity index is 2.21. The summed E-state index contributed by atoms with van der Waals surface area (Å²) in [5.41, 5.74) is -0.687. The summed E-state index contributed by atoms with van der Waals surface area (Å²) in [5.74, 6) is -0.375. The molecule has 0 aromatic rings. The second-order valence-corrected chi connectivity index (χ2v) is 10.9. The van der Waals surface area contributed by atoms with E-state index in [-0.39, 0.29) is 36.0 Å². The molecular formula is C28H47N3O4. The summed E-state index contributed by atoms with van der Waals surface area (Å²) < 4.78 is 0. The highest BCUT2D eigenvalue weighted by molar-refractivity contribution is 5.90. The lowest BCUT2D eigenvalue weighted by molar-refractivity contribution is -0.133. The number of carbonyl (C=O) groups excluding carboxylic acids is 4. The third-order valence-corrected chi connectivity index (χ3v) is 7.44. The number of carbonyl (C=O) groups is 4. The fourth-order valence-corrected chi connectivity index (χ4v) is 5.33. The van der Waals surface area contributed by atoms with Crippen molar-refractivity contribution in [2.24, 2.45) is 17.3 Å². The monoisotopic (exact) mass is 489 g/mol. The fourth-order valence-electron chi connectivity index (χ4n) is 5.33. The van der Waals surface area contributed by atoms with E-state index in [2.05, 4.69) is 29.0 Å². The van der Waals surface area contributed by atoms with Crippen molar-refractivity contribution in [3.05, 3.63) is 12.2 Å². The van der Waals surface area contributed by atoms with Gasteiger partial charge in [-0.05, 0) is 57.3 Å². The molecule has 2 unspecified atom stereocenters. The van der Waals surface area contributed by atoms with Crippen LogP contribution in [0.15, 0.2) is 12.2 Å². The number of hydrogen-bond acceptors (Lipinski definition) is 4. The summed E-state index contributed by atoms with van der Waals surface area (Å²) in [4.78, 5) is 51.2. The van der Waals surface area contributed by atoms with Crippen molar-refractivity contribution in [2.45, 2.75) is 116 Å². The molecule has 198 valence electrons. The Morgan fingerprint density at radius 2 is 1.83 bits per heavy atom. The van der Waals surface area contributed by atoms with Gasteiger partial charge in [0, 0.05) is 12.5 Å². The summed E-state index contributed by atoms with van der Waals surface area (Å²) >= 11 is 0. The highest BCUT2D eigenvalue weighted by Crippen LogP contribution is 2.36. The number of amides is 3. The molecule has 1 spiro atoms. The van der Waals surface area contributed by atoms with E-state index in [1.54, 1.807) is 0 Å². The van der Waals surface area contributed by atoms with E-state index in [0.717, 1.165) is 44.8 Å². The van der Waals surface area contributed by atoms with Crippen LogP contribution in [0.4, 0.5) is 0 Å². The molecule has 2 heterocycles. The van der Waals surface area contributed by atoms with Crippen LogP contribution in [0.5, 0.6) is 0 Å². The molecule has 0 saturated carbocycles. The molecule has 2 aliphatic rings.